The lowest BCUT2D eigenvalue weighted by molar-refractivity contribution is -0.161. The van der Waals surface area contributed by atoms with Gasteiger partial charge in [0.25, 0.3) is 0 Å². The first kappa shape index (κ1) is 90.5. The number of rotatable bonds is 73. The molecule has 0 aromatic heterocycles. The smallest absolute Gasteiger partial charge is 0.462 e. The molecular weight excluding hydrogens is 1220 g/mol. The van der Waals surface area contributed by atoms with E-state index < -0.39 is 97.5 Å². The molecule has 0 radical (unpaired) electrons. The fraction of sp³-hybridized carbons (Fsp3) is 0.892. The number of carbonyl (C=O) groups is 4. The molecule has 0 rings (SSSR count). The van der Waals surface area contributed by atoms with E-state index in [1.807, 2.05) is 0 Å². The quantitative estimate of drug-likeness (QED) is 0.0169. The molecule has 0 aromatic carbocycles. The largest absolute Gasteiger partial charge is 0.472 e. The summed E-state index contributed by atoms with van der Waals surface area (Å²) >= 11 is 0. The van der Waals surface area contributed by atoms with E-state index in [4.69, 9.17) is 37.0 Å². The van der Waals surface area contributed by atoms with Crippen molar-refractivity contribution in [1.82, 2.24) is 0 Å². The average Bonchev–Trinajstić information content (AvgIpc) is 2.31. The van der Waals surface area contributed by atoms with Crippen LogP contribution in [0.3, 0.4) is 0 Å². The van der Waals surface area contributed by atoms with Gasteiger partial charge in [0.05, 0.1) is 26.4 Å². The van der Waals surface area contributed by atoms with Crippen LogP contribution in [0.5, 0.6) is 0 Å². The molecule has 548 valence electrons. The molecule has 0 saturated heterocycles. The van der Waals surface area contributed by atoms with Gasteiger partial charge in [0, 0.05) is 25.7 Å². The zero-order valence-electron chi connectivity index (χ0n) is 59.7. The van der Waals surface area contributed by atoms with Gasteiger partial charge in [-0.1, -0.05) is 315 Å². The van der Waals surface area contributed by atoms with E-state index in [2.05, 4.69) is 52.0 Å². The molecule has 5 atom stereocenters. The molecule has 0 aromatic rings. The van der Waals surface area contributed by atoms with Crippen LogP contribution in [0.4, 0.5) is 0 Å². The van der Waals surface area contributed by atoms with Crippen molar-refractivity contribution in [2.45, 2.75) is 386 Å². The molecule has 0 saturated carbocycles. The molecule has 0 aliphatic heterocycles. The summed E-state index contributed by atoms with van der Waals surface area (Å²) in [4.78, 5) is 72.7. The number of esters is 4. The topological polar surface area (TPSA) is 237 Å². The highest BCUT2D eigenvalue weighted by Crippen LogP contribution is 2.45. The number of hydrogen-bond donors (Lipinski definition) is 3. The number of aliphatic hydroxyl groups is 1. The molecule has 0 amide bonds. The molecule has 3 N–H and O–H groups in total. The van der Waals surface area contributed by atoms with E-state index in [-0.39, 0.29) is 25.7 Å². The lowest BCUT2D eigenvalue weighted by atomic mass is 10.0. The van der Waals surface area contributed by atoms with Crippen LogP contribution in [0.15, 0.2) is 24.3 Å². The van der Waals surface area contributed by atoms with Crippen molar-refractivity contribution in [3.63, 3.8) is 0 Å². The van der Waals surface area contributed by atoms with Gasteiger partial charge in [0.2, 0.25) is 0 Å². The molecular formula is C74H140O17P2. The van der Waals surface area contributed by atoms with Crippen molar-refractivity contribution < 1.29 is 80.2 Å². The van der Waals surface area contributed by atoms with E-state index in [1.165, 1.54) is 180 Å². The molecule has 0 bridgehead atoms. The monoisotopic (exact) mass is 1360 g/mol. The first-order chi connectivity index (χ1) is 45.2. The van der Waals surface area contributed by atoms with Crippen LogP contribution in [0.1, 0.15) is 368 Å². The third kappa shape index (κ3) is 67.9. The molecule has 0 aliphatic carbocycles. The van der Waals surface area contributed by atoms with E-state index >= 15 is 0 Å². The van der Waals surface area contributed by atoms with Crippen molar-refractivity contribution in [3.8, 4) is 0 Å². The highest BCUT2D eigenvalue weighted by Gasteiger charge is 2.30. The van der Waals surface area contributed by atoms with Gasteiger partial charge >= 0.3 is 39.5 Å². The minimum absolute atomic E-state index is 0.102. The number of carbonyl (C=O) groups excluding carboxylic acids is 4. The summed E-state index contributed by atoms with van der Waals surface area (Å²) in [5.41, 5.74) is 0. The summed E-state index contributed by atoms with van der Waals surface area (Å²) < 4.78 is 68.4. The van der Waals surface area contributed by atoms with Gasteiger partial charge in [-0.3, -0.25) is 37.3 Å². The third-order valence-corrected chi connectivity index (χ3v) is 18.6. The van der Waals surface area contributed by atoms with Crippen LogP contribution in [0.25, 0.3) is 0 Å². The minimum Gasteiger partial charge on any atom is -0.462 e. The SMILES string of the molecule is CCCCCC/C=C\C=C/CCCCCCCC(=O)OC[C@H](COP(=O)(O)OC[C@@H](O)COP(=O)(O)OC[C@@H](COC(=O)CCCCCCCCCCC)OC(=O)CCCCCCCCCCCCCCC)OC(=O)CCCCCCCCCCCCCCCCCC. The normalized spacial score (nSPS) is 14.1. The molecule has 93 heavy (non-hydrogen) atoms. The summed E-state index contributed by atoms with van der Waals surface area (Å²) in [6, 6.07) is 0. The Kier molecular flexibility index (Phi) is 66.3. The van der Waals surface area contributed by atoms with E-state index in [1.54, 1.807) is 0 Å². The number of aliphatic hydroxyl groups excluding tert-OH is 1. The molecule has 0 spiro atoms. The second kappa shape index (κ2) is 68.1. The summed E-state index contributed by atoms with van der Waals surface area (Å²) in [6.45, 7) is 4.90. The Morgan fingerprint density at radius 3 is 0.785 bits per heavy atom. The van der Waals surface area contributed by atoms with Gasteiger partial charge in [-0.2, -0.15) is 0 Å². The average molecular weight is 1360 g/mol. The molecule has 2 unspecified atom stereocenters. The standard InChI is InChI=1S/C74H140O17P2/c1-5-9-13-17-21-25-28-31-33-35-38-41-45-49-53-57-61-74(79)91-70(65-85-72(77)59-55-51-47-43-39-37-34-32-29-26-22-18-14-10-6-2)67-89-93(82,83)87-63-68(75)62-86-92(80,81)88-66-69(64-84-71(76)58-54-50-46-42-24-20-16-12-8-4)90-73(78)60-56-52-48-44-40-36-30-27-23-19-15-11-7-3/h26,29,32,34,68-70,75H,5-25,27-28,30-31,33,35-67H2,1-4H3,(H,80,81)(H,82,83)/b29-26-,34-32-/t68-,69+,70+/m0/s1. The zero-order valence-corrected chi connectivity index (χ0v) is 61.5. The minimum atomic E-state index is -4.96. The van der Waals surface area contributed by atoms with Crippen molar-refractivity contribution in [2.75, 3.05) is 39.6 Å². The molecule has 0 fully saturated rings. The second-order valence-corrected chi connectivity index (χ2v) is 28.9. The van der Waals surface area contributed by atoms with Gasteiger partial charge < -0.3 is 33.8 Å². The number of phosphoric acid groups is 2. The van der Waals surface area contributed by atoms with Crippen LogP contribution >= 0.6 is 15.6 Å². The van der Waals surface area contributed by atoms with E-state index in [0.29, 0.717) is 25.7 Å². The summed E-state index contributed by atoms with van der Waals surface area (Å²) in [6.07, 6.45) is 60.3. The van der Waals surface area contributed by atoms with Gasteiger partial charge in [-0.05, 0) is 51.4 Å². The highest BCUT2D eigenvalue weighted by atomic mass is 31.2. The van der Waals surface area contributed by atoms with Crippen LogP contribution in [0, 0.1) is 0 Å². The molecule has 17 nitrogen and oxygen atoms in total. The Hall–Kier alpha value is -2.46. The zero-order chi connectivity index (χ0) is 68.2. The Balaban J connectivity index is 5.27. The number of allylic oxidation sites excluding steroid dienone is 4. The summed E-state index contributed by atoms with van der Waals surface area (Å²) in [5, 5.41) is 10.6. The predicted molar refractivity (Wildman–Crippen MR) is 377 cm³/mol. The van der Waals surface area contributed by atoms with E-state index in [0.717, 1.165) is 109 Å². The maximum atomic E-state index is 13.1. The lowest BCUT2D eigenvalue weighted by Crippen LogP contribution is -2.30. The molecule has 0 aliphatic rings. The third-order valence-electron chi connectivity index (χ3n) is 16.7. The Morgan fingerprint density at radius 1 is 0.301 bits per heavy atom. The summed E-state index contributed by atoms with van der Waals surface area (Å²) in [7, 11) is -9.91. The Morgan fingerprint density at radius 2 is 0.516 bits per heavy atom. The predicted octanol–water partition coefficient (Wildman–Crippen LogP) is 21.4. The number of hydrogen-bond acceptors (Lipinski definition) is 15. The van der Waals surface area contributed by atoms with E-state index in [9.17, 15) is 43.2 Å². The van der Waals surface area contributed by atoms with Crippen LogP contribution in [-0.4, -0.2) is 96.7 Å². The molecule has 0 heterocycles. The first-order valence-corrected chi connectivity index (χ1v) is 41.1. The van der Waals surface area contributed by atoms with Crippen LogP contribution < -0.4 is 0 Å². The van der Waals surface area contributed by atoms with Crippen molar-refractivity contribution in [3.05, 3.63) is 24.3 Å². The number of ether oxygens (including phenoxy) is 4. The fourth-order valence-electron chi connectivity index (χ4n) is 10.9. The fourth-order valence-corrected chi connectivity index (χ4v) is 12.4. The first-order valence-electron chi connectivity index (χ1n) is 38.1. The van der Waals surface area contributed by atoms with Gasteiger partial charge in [-0.15, -0.1) is 0 Å². The maximum absolute atomic E-state index is 13.1. The van der Waals surface area contributed by atoms with Crippen molar-refractivity contribution in [1.29, 1.82) is 0 Å². The number of unbranched alkanes of at least 4 members (excludes halogenated alkanes) is 44. The van der Waals surface area contributed by atoms with Crippen molar-refractivity contribution in [2.24, 2.45) is 0 Å². The lowest BCUT2D eigenvalue weighted by Gasteiger charge is -2.21. The Labute approximate surface area is 567 Å². The molecule has 19 heteroatoms. The van der Waals surface area contributed by atoms with Gasteiger partial charge in [0.1, 0.15) is 19.3 Å². The Bertz CT molecular complexity index is 1870. The number of phosphoric ester groups is 2. The highest BCUT2D eigenvalue weighted by molar-refractivity contribution is 7.47. The maximum Gasteiger partial charge on any atom is 0.472 e. The van der Waals surface area contributed by atoms with Gasteiger partial charge in [0.15, 0.2) is 12.2 Å². The van der Waals surface area contributed by atoms with Crippen molar-refractivity contribution >= 4 is 39.5 Å². The van der Waals surface area contributed by atoms with Crippen LogP contribution in [0.2, 0.25) is 0 Å². The van der Waals surface area contributed by atoms with Gasteiger partial charge in [-0.25, -0.2) is 9.13 Å². The van der Waals surface area contributed by atoms with Crippen LogP contribution in [-0.2, 0) is 65.4 Å². The summed E-state index contributed by atoms with van der Waals surface area (Å²) in [5.74, 6) is -2.15. The second-order valence-electron chi connectivity index (χ2n) is 26.0.